The third-order valence-corrected chi connectivity index (χ3v) is 1.99. The maximum absolute atomic E-state index is 5.47. The standard InChI is InChI=1S/C9H19NO2/c1-2-3-4-6-11-8-10-5-7-12-9-10/h2-9H2,1H3. The van der Waals surface area contributed by atoms with Gasteiger partial charge in [-0.2, -0.15) is 0 Å². The van der Waals surface area contributed by atoms with E-state index in [0.29, 0.717) is 0 Å². The second kappa shape index (κ2) is 6.40. The molecule has 0 spiro atoms. The lowest BCUT2D eigenvalue weighted by molar-refractivity contribution is 0.0152. The molecule has 72 valence electrons. The van der Waals surface area contributed by atoms with Crippen molar-refractivity contribution < 1.29 is 9.47 Å². The molecule has 1 fully saturated rings. The molecule has 3 heteroatoms. The van der Waals surface area contributed by atoms with Crippen molar-refractivity contribution in [1.29, 1.82) is 0 Å². The van der Waals surface area contributed by atoms with E-state index in [-0.39, 0.29) is 0 Å². The molecular weight excluding hydrogens is 154 g/mol. The van der Waals surface area contributed by atoms with Crippen molar-refractivity contribution in [1.82, 2.24) is 4.90 Å². The Hall–Kier alpha value is -0.120. The fourth-order valence-corrected chi connectivity index (χ4v) is 1.20. The normalized spacial score (nSPS) is 18.8. The zero-order valence-corrected chi connectivity index (χ0v) is 7.92. The molecule has 0 aromatic rings. The predicted molar refractivity (Wildman–Crippen MR) is 47.9 cm³/mol. The van der Waals surface area contributed by atoms with Gasteiger partial charge in [-0.3, -0.25) is 4.90 Å². The van der Waals surface area contributed by atoms with Crippen LogP contribution in [0.1, 0.15) is 26.2 Å². The predicted octanol–water partition coefficient (Wildman–Crippen LogP) is 1.44. The van der Waals surface area contributed by atoms with Gasteiger partial charge in [-0.1, -0.05) is 19.8 Å². The number of rotatable bonds is 6. The van der Waals surface area contributed by atoms with Crippen LogP contribution in [0.4, 0.5) is 0 Å². The largest absolute Gasteiger partial charge is 0.366 e. The van der Waals surface area contributed by atoms with Crippen LogP contribution in [0.2, 0.25) is 0 Å². The molecule has 1 aliphatic heterocycles. The van der Waals surface area contributed by atoms with Crippen LogP contribution in [-0.4, -0.2) is 38.1 Å². The zero-order chi connectivity index (χ0) is 8.65. The lowest BCUT2D eigenvalue weighted by Gasteiger charge is -2.12. The van der Waals surface area contributed by atoms with Gasteiger partial charge in [-0.05, 0) is 6.42 Å². The molecule has 0 N–H and O–H groups in total. The summed E-state index contributed by atoms with van der Waals surface area (Å²) in [4.78, 5) is 2.17. The molecule has 1 rings (SSSR count). The first-order valence-corrected chi connectivity index (χ1v) is 4.81. The molecule has 0 aliphatic carbocycles. The third kappa shape index (κ3) is 4.04. The van der Waals surface area contributed by atoms with Gasteiger partial charge in [-0.15, -0.1) is 0 Å². The van der Waals surface area contributed by atoms with E-state index >= 15 is 0 Å². The van der Waals surface area contributed by atoms with E-state index in [4.69, 9.17) is 9.47 Å². The van der Waals surface area contributed by atoms with Crippen LogP contribution in [-0.2, 0) is 9.47 Å². The third-order valence-electron chi connectivity index (χ3n) is 1.99. The van der Waals surface area contributed by atoms with Crippen LogP contribution in [0.3, 0.4) is 0 Å². The first-order chi connectivity index (χ1) is 5.93. The molecule has 1 aliphatic rings. The van der Waals surface area contributed by atoms with Crippen LogP contribution in [0, 0.1) is 0 Å². The van der Waals surface area contributed by atoms with Crippen molar-refractivity contribution >= 4 is 0 Å². The highest BCUT2D eigenvalue weighted by Crippen LogP contribution is 1.99. The summed E-state index contributed by atoms with van der Waals surface area (Å²) in [5.74, 6) is 0. The van der Waals surface area contributed by atoms with Gasteiger partial charge >= 0.3 is 0 Å². The molecule has 0 aromatic carbocycles. The van der Waals surface area contributed by atoms with Crippen LogP contribution < -0.4 is 0 Å². The Morgan fingerprint density at radius 1 is 1.42 bits per heavy atom. The second-order valence-corrected chi connectivity index (χ2v) is 3.18. The minimum absolute atomic E-state index is 0.740. The van der Waals surface area contributed by atoms with E-state index < -0.39 is 0 Å². The van der Waals surface area contributed by atoms with Gasteiger partial charge in [0.2, 0.25) is 0 Å². The summed E-state index contributed by atoms with van der Waals surface area (Å²) in [7, 11) is 0. The van der Waals surface area contributed by atoms with Crippen molar-refractivity contribution in [3.05, 3.63) is 0 Å². The summed E-state index contributed by atoms with van der Waals surface area (Å²) in [6.07, 6.45) is 3.72. The summed E-state index contributed by atoms with van der Waals surface area (Å²) in [6, 6.07) is 0. The number of nitrogens with zero attached hydrogens (tertiary/aromatic N) is 1. The van der Waals surface area contributed by atoms with E-state index in [0.717, 1.165) is 33.2 Å². The highest BCUT2D eigenvalue weighted by Gasteiger charge is 2.10. The number of unbranched alkanes of at least 4 members (excludes halogenated alkanes) is 2. The smallest absolute Gasteiger partial charge is 0.101 e. The highest BCUT2D eigenvalue weighted by atomic mass is 16.5. The van der Waals surface area contributed by atoms with E-state index in [1.165, 1.54) is 19.3 Å². The van der Waals surface area contributed by atoms with Crippen molar-refractivity contribution in [2.45, 2.75) is 26.2 Å². The van der Waals surface area contributed by atoms with Crippen molar-refractivity contribution in [3.8, 4) is 0 Å². The molecule has 0 aromatic heterocycles. The molecule has 1 saturated heterocycles. The topological polar surface area (TPSA) is 21.7 Å². The van der Waals surface area contributed by atoms with E-state index in [1.54, 1.807) is 0 Å². The maximum atomic E-state index is 5.47. The molecule has 0 unspecified atom stereocenters. The lowest BCUT2D eigenvalue weighted by atomic mass is 10.3. The summed E-state index contributed by atoms with van der Waals surface area (Å²) >= 11 is 0. The molecule has 0 atom stereocenters. The summed E-state index contributed by atoms with van der Waals surface area (Å²) in [5, 5.41) is 0. The Labute approximate surface area is 74.6 Å². The Morgan fingerprint density at radius 2 is 2.33 bits per heavy atom. The first kappa shape index (κ1) is 9.96. The van der Waals surface area contributed by atoms with Crippen LogP contribution >= 0.6 is 0 Å². The molecular formula is C9H19NO2. The molecule has 0 amide bonds. The van der Waals surface area contributed by atoms with Crippen LogP contribution in [0.25, 0.3) is 0 Å². The zero-order valence-electron chi connectivity index (χ0n) is 7.92. The highest BCUT2D eigenvalue weighted by molar-refractivity contribution is 4.52. The SMILES string of the molecule is CCCCCOCN1CCOC1. The van der Waals surface area contributed by atoms with Gasteiger partial charge < -0.3 is 9.47 Å². The maximum Gasteiger partial charge on any atom is 0.101 e. The quantitative estimate of drug-likeness (QED) is 0.567. The number of ether oxygens (including phenoxy) is 2. The fraction of sp³-hybridized carbons (Fsp3) is 1.00. The Morgan fingerprint density at radius 3 is 3.00 bits per heavy atom. The summed E-state index contributed by atoms with van der Waals surface area (Å²) in [5.41, 5.74) is 0. The average Bonchev–Trinajstić information content (AvgIpc) is 2.57. The van der Waals surface area contributed by atoms with Gasteiger partial charge in [0.05, 0.1) is 6.61 Å². The van der Waals surface area contributed by atoms with Gasteiger partial charge in [0.15, 0.2) is 0 Å². The van der Waals surface area contributed by atoms with Gasteiger partial charge in [0.25, 0.3) is 0 Å². The van der Waals surface area contributed by atoms with Crippen molar-refractivity contribution in [3.63, 3.8) is 0 Å². The van der Waals surface area contributed by atoms with Crippen molar-refractivity contribution in [2.75, 3.05) is 33.2 Å². The molecule has 3 nitrogen and oxygen atoms in total. The first-order valence-electron chi connectivity index (χ1n) is 4.81. The lowest BCUT2D eigenvalue weighted by Crippen LogP contribution is -2.23. The minimum Gasteiger partial charge on any atom is -0.366 e. The van der Waals surface area contributed by atoms with Gasteiger partial charge in [0, 0.05) is 13.2 Å². The minimum atomic E-state index is 0.740. The van der Waals surface area contributed by atoms with E-state index in [2.05, 4.69) is 11.8 Å². The summed E-state index contributed by atoms with van der Waals surface area (Å²) in [6.45, 7) is 6.46. The van der Waals surface area contributed by atoms with Crippen LogP contribution in [0.5, 0.6) is 0 Å². The molecule has 12 heavy (non-hydrogen) atoms. The van der Waals surface area contributed by atoms with E-state index in [9.17, 15) is 0 Å². The molecule has 0 saturated carbocycles. The average molecular weight is 173 g/mol. The van der Waals surface area contributed by atoms with Crippen LogP contribution in [0.15, 0.2) is 0 Å². The van der Waals surface area contributed by atoms with Crippen molar-refractivity contribution in [2.24, 2.45) is 0 Å². The van der Waals surface area contributed by atoms with Gasteiger partial charge in [-0.25, -0.2) is 0 Å². The number of hydrogen-bond donors (Lipinski definition) is 0. The Balaban J connectivity index is 1.81. The Kier molecular flexibility index (Phi) is 5.32. The molecule has 0 radical (unpaired) electrons. The monoisotopic (exact) mass is 173 g/mol. The molecule has 1 heterocycles. The number of hydrogen-bond acceptors (Lipinski definition) is 3. The fourth-order valence-electron chi connectivity index (χ4n) is 1.20. The van der Waals surface area contributed by atoms with E-state index in [1.807, 2.05) is 0 Å². The van der Waals surface area contributed by atoms with Gasteiger partial charge in [0.1, 0.15) is 13.5 Å². The Bertz CT molecular complexity index is 103. The summed E-state index contributed by atoms with van der Waals surface area (Å²) < 4.78 is 10.6. The molecule has 0 bridgehead atoms. The second-order valence-electron chi connectivity index (χ2n) is 3.18.